The van der Waals surface area contributed by atoms with Crippen LogP contribution in [0.4, 0.5) is 0 Å². The lowest BCUT2D eigenvalue weighted by atomic mass is 10.2. The highest BCUT2D eigenvalue weighted by molar-refractivity contribution is 8.00. The zero-order chi connectivity index (χ0) is 17.1. The number of aliphatic carboxylic acids is 1. The van der Waals surface area contributed by atoms with Gasteiger partial charge < -0.3 is 5.11 Å². The zero-order valence-electron chi connectivity index (χ0n) is 13.2. The molecule has 0 aliphatic rings. The van der Waals surface area contributed by atoms with E-state index in [1.165, 1.54) is 0 Å². The number of aromatic nitrogens is 4. The zero-order valence-corrected chi connectivity index (χ0v) is 14.1. The molecule has 2 aromatic heterocycles. The number of carbonyl (C=O) groups is 1. The lowest BCUT2D eigenvalue weighted by molar-refractivity contribution is -0.136. The van der Waals surface area contributed by atoms with Crippen LogP contribution in [-0.4, -0.2) is 36.1 Å². The van der Waals surface area contributed by atoms with Crippen LogP contribution in [-0.2, 0) is 4.79 Å². The second kappa shape index (κ2) is 6.84. The highest BCUT2D eigenvalue weighted by atomic mass is 32.2. The predicted molar refractivity (Wildman–Crippen MR) is 92.3 cm³/mol. The van der Waals surface area contributed by atoms with Crippen LogP contribution < -0.4 is 0 Å². The number of nitrogens with zero attached hydrogens (tertiary/aromatic N) is 4. The number of carboxylic acid groups (broad SMARTS) is 1. The smallest absolute Gasteiger partial charge is 0.316 e. The highest BCUT2D eigenvalue weighted by Crippen LogP contribution is 2.29. The third-order valence-corrected chi connectivity index (χ3v) is 4.51. The first kappa shape index (κ1) is 16.2. The summed E-state index contributed by atoms with van der Waals surface area (Å²) in [5, 5.41) is 17.5. The number of pyridine rings is 1. The van der Waals surface area contributed by atoms with E-state index in [9.17, 15) is 9.90 Å². The van der Waals surface area contributed by atoms with Crippen LogP contribution >= 0.6 is 11.8 Å². The fraction of sp³-hybridized carbons (Fsp3) is 0.176. The topological polar surface area (TPSA) is 80.9 Å². The quantitative estimate of drug-likeness (QED) is 0.718. The maximum absolute atomic E-state index is 11.2. The first-order chi connectivity index (χ1) is 11.6. The van der Waals surface area contributed by atoms with Crippen LogP contribution in [0.1, 0.15) is 12.5 Å². The third kappa shape index (κ3) is 3.30. The molecule has 1 unspecified atom stereocenters. The fourth-order valence-corrected chi connectivity index (χ4v) is 2.97. The molecule has 0 fully saturated rings. The Hall–Kier alpha value is -2.67. The molecule has 0 aliphatic carbocycles. The summed E-state index contributed by atoms with van der Waals surface area (Å²) in [7, 11) is 0. The standard InChI is InChI=1S/C17H16N4O2S/c1-11-5-7-14(8-6-11)21-15(13-4-3-9-18-10-13)19-20-17(21)24-12(2)16(22)23/h3-10,12H,1-2H3,(H,22,23). The number of aryl methyl sites for hydroxylation is 1. The number of carboxylic acids is 1. The van der Waals surface area contributed by atoms with Crippen molar-refractivity contribution in [1.82, 2.24) is 19.7 Å². The van der Waals surface area contributed by atoms with Gasteiger partial charge in [0, 0.05) is 23.6 Å². The summed E-state index contributed by atoms with van der Waals surface area (Å²) in [5.74, 6) is -0.256. The maximum atomic E-state index is 11.2. The molecule has 3 aromatic rings. The average molecular weight is 340 g/mol. The molecular weight excluding hydrogens is 324 g/mol. The number of thioether (sulfide) groups is 1. The summed E-state index contributed by atoms with van der Waals surface area (Å²) >= 11 is 1.16. The minimum atomic E-state index is -0.888. The third-order valence-electron chi connectivity index (χ3n) is 3.48. The first-order valence-electron chi connectivity index (χ1n) is 7.38. The van der Waals surface area contributed by atoms with E-state index in [1.807, 2.05) is 47.9 Å². The largest absolute Gasteiger partial charge is 0.480 e. The number of benzene rings is 1. The molecule has 24 heavy (non-hydrogen) atoms. The fourth-order valence-electron chi connectivity index (χ4n) is 2.16. The van der Waals surface area contributed by atoms with Gasteiger partial charge in [-0.15, -0.1) is 10.2 Å². The van der Waals surface area contributed by atoms with Crippen molar-refractivity contribution in [1.29, 1.82) is 0 Å². The molecule has 2 heterocycles. The van der Waals surface area contributed by atoms with Crippen molar-refractivity contribution >= 4 is 17.7 Å². The lowest BCUT2D eigenvalue weighted by Gasteiger charge is -2.11. The van der Waals surface area contributed by atoms with E-state index in [1.54, 1.807) is 19.3 Å². The Morgan fingerprint density at radius 3 is 2.58 bits per heavy atom. The van der Waals surface area contributed by atoms with E-state index in [2.05, 4.69) is 15.2 Å². The highest BCUT2D eigenvalue weighted by Gasteiger charge is 2.21. The molecule has 0 saturated heterocycles. The molecule has 122 valence electrons. The van der Waals surface area contributed by atoms with Crippen molar-refractivity contribution in [3.8, 4) is 17.1 Å². The summed E-state index contributed by atoms with van der Waals surface area (Å²) < 4.78 is 1.86. The molecule has 0 radical (unpaired) electrons. The molecule has 0 aliphatic heterocycles. The summed E-state index contributed by atoms with van der Waals surface area (Å²) in [6.07, 6.45) is 3.40. The van der Waals surface area contributed by atoms with Gasteiger partial charge in [-0.25, -0.2) is 0 Å². The van der Waals surface area contributed by atoms with E-state index in [4.69, 9.17) is 0 Å². The Morgan fingerprint density at radius 2 is 1.96 bits per heavy atom. The molecule has 6 nitrogen and oxygen atoms in total. The molecule has 3 rings (SSSR count). The molecule has 0 spiro atoms. The van der Waals surface area contributed by atoms with Gasteiger partial charge in [-0.3, -0.25) is 14.3 Å². The van der Waals surface area contributed by atoms with Crippen LogP contribution in [0.3, 0.4) is 0 Å². The Labute approximate surface area is 143 Å². The van der Waals surface area contributed by atoms with Gasteiger partial charge in [0.15, 0.2) is 11.0 Å². The summed E-state index contributed by atoms with van der Waals surface area (Å²) in [5.41, 5.74) is 2.84. The van der Waals surface area contributed by atoms with E-state index in [0.717, 1.165) is 28.6 Å². The molecule has 7 heteroatoms. The Bertz CT molecular complexity index is 847. The van der Waals surface area contributed by atoms with Crippen LogP contribution in [0.5, 0.6) is 0 Å². The number of rotatable bonds is 5. The van der Waals surface area contributed by atoms with Crippen molar-refractivity contribution in [2.24, 2.45) is 0 Å². The van der Waals surface area contributed by atoms with Crippen molar-refractivity contribution in [3.05, 3.63) is 54.4 Å². The second-order valence-electron chi connectivity index (χ2n) is 5.32. The van der Waals surface area contributed by atoms with E-state index < -0.39 is 11.2 Å². The predicted octanol–water partition coefficient (Wildman–Crippen LogP) is 3.20. The van der Waals surface area contributed by atoms with Gasteiger partial charge in [-0.05, 0) is 38.1 Å². The Kier molecular flexibility index (Phi) is 4.61. The van der Waals surface area contributed by atoms with Gasteiger partial charge in [0.25, 0.3) is 0 Å². The van der Waals surface area contributed by atoms with Gasteiger partial charge in [0.1, 0.15) is 5.25 Å². The molecule has 0 saturated carbocycles. The minimum Gasteiger partial charge on any atom is -0.480 e. The van der Waals surface area contributed by atoms with Gasteiger partial charge in [-0.1, -0.05) is 29.5 Å². The van der Waals surface area contributed by atoms with Gasteiger partial charge >= 0.3 is 5.97 Å². The molecule has 1 atom stereocenters. The molecule has 0 amide bonds. The van der Waals surface area contributed by atoms with Crippen molar-refractivity contribution in [2.45, 2.75) is 24.3 Å². The van der Waals surface area contributed by atoms with Crippen molar-refractivity contribution < 1.29 is 9.90 Å². The normalized spacial score (nSPS) is 12.1. The van der Waals surface area contributed by atoms with Crippen LogP contribution in [0.2, 0.25) is 0 Å². The van der Waals surface area contributed by atoms with E-state index in [0.29, 0.717) is 11.0 Å². The first-order valence-corrected chi connectivity index (χ1v) is 8.26. The van der Waals surface area contributed by atoms with Crippen molar-refractivity contribution in [3.63, 3.8) is 0 Å². The maximum Gasteiger partial charge on any atom is 0.316 e. The molecule has 1 N–H and O–H groups in total. The molecule has 1 aromatic carbocycles. The number of hydrogen-bond donors (Lipinski definition) is 1. The summed E-state index contributed by atoms with van der Waals surface area (Å²) in [6.45, 7) is 3.64. The Morgan fingerprint density at radius 1 is 1.21 bits per heavy atom. The average Bonchev–Trinajstić information content (AvgIpc) is 3.00. The van der Waals surface area contributed by atoms with E-state index >= 15 is 0 Å². The molecular formula is C17H16N4O2S. The van der Waals surface area contributed by atoms with Crippen LogP contribution in [0, 0.1) is 6.92 Å². The van der Waals surface area contributed by atoms with Crippen LogP contribution in [0.15, 0.2) is 53.9 Å². The monoisotopic (exact) mass is 340 g/mol. The summed E-state index contributed by atoms with van der Waals surface area (Å²) in [6, 6.07) is 11.7. The van der Waals surface area contributed by atoms with Crippen molar-refractivity contribution in [2.75, 3.05) is 0 Å². The minimum absolute atomic E-state index is 0.535. The van der Waals surface area contributed by atoms with Gasteiger partial charge in [0.2, 0.25) is 0 Å². The second-order valence-corrected chi connectivity index (χ2v) is 6.63. The van der Waals surface area contributed by atoms with Crippen LogP contribution in [0.25, 0.3) is 17.1 Å². The SMILES string of the molecule is Cc1ccc(-n2c(SC(C)C(=O)O)nnc2-c2cccnc2)cc1. The number of hydrogen-bond acceptors (Lipinski definition) is 5. The van der Waals surface area contributed by atoms with E-state index in [-0.39, 0.29) is 0 Å². The summed E-state index contributed by atoms with van der Waals surface area (Å²) in [4.78, 5) is 15.3. The Balaban J connectivity index is 2.12. The lowest BCUT2D eigenvalue weighted by Crippen LogP contribution is -2.12. The molecule has 0 bridgehead atoms. The van der Waals surface area contributed by atoms with Gasteiger partial charge in [-0.2, -0.15) is 0 Å². The van der Waals surface area contributed by atoms with Gasteiger partial charge in [0.05, 0.1) is 0 Å².